The Labute approximate surface area is 162 Å². The average Bonchev–Trinajstić information content (AvgIpc) is 2.69. The van der Waals surface area contributed by atoms with Crippen LogP contribution in [0.3, 0.4) is 0 Å². The predicted octanol–water partition coefficient (Wildman–Crippen LogP) is 4.39. The van der Waals surface area contributed by atoms with Gasteiger partial charge in [-0.05, 0) is 30.7 Å². The summed E-state index contributed by atoms with van der Waals surface area (Å²) in [6.07, 6.45) is 2.94. The molecule has 3 aromatic rings. The second-order valence-corrected chi connectivity index (χ2v) is 6.02. The quantitative estimate of drug-likeness (QED) is 0.633. The van der Waals surface area contributed by atoms with Crippen molar-refractivity contribution in [1.29, 1.82) is 0 Å². The highest BCUT2D eigenvalue weighted by atomic mass is 35.5. The van der Waals surface area contributed by atoms with Gasteiger partial charge in [0, 0.05) is 11.6 Å². The van der Waals surface area contributed by atoms with Gasteiger partial charge >= 0.3 is 0 Å². The van der Waals surface area contributed by atoms with Crippen molar-refractivity contribution in [3.05, 3.63) is 77.2 Å². The maximum Gasteiger partial charge on any atom is 0.275 e. The molecule has 6 nitrogen and oxygen atoms in total. The number of benzene rings is 2. The van der Waals surface area contributed by atoms with E-state index in [1.54, 1.807) is 12.1 Å². The summed E-state index contributed by atoms with van der Waals surface area (Å²) in [7, 11) is 0. The largest absolute Gasteiger partial charge is 0.492 e. The topological polar surface area (TPSA) is 76.1 Å². The smallest absolute Gasteiger partial charge is 0.275 e. The van der Waals surface area contributed by atoms with Crippen LogP contribution in [0, 0.1) is 0 Å². The first kappa shape index (κ1) is 18.7. The van der Waals surface area contributed by atoms with Crippen LogP contribution in [0.2, 0.25) is 5.02 Å². The van der Waals surface area contributed by atoms with Crippen molar-refractivity contribution in [2.24, 2.45) is 0 Å². The fraction of sp³-hybridized carbons (Fsp3) is 0.150. The number of rotatable bonds is 7. The van der Waals surface area contributed by atoms with Crippen molar-refractivity contribution in [1.82, 2.24) is 9.97 Å². The van der Waals surface area contributed by atoms with E-state index in [4.69, 9.17) is 16.3 Å². The van der Waals surface area contributed by atoms with E-state index >= 15 is 0 Å². The van der Waals surface area contributed by atoms with Gasteiger partial charge in [0.05, 0.1) is 24.7 Å². The molecule has 1 aromatic heterocycles. The Hall–Kier alpha value is -3.12. The number of carbonyl (C=O) groups excluding carboxylic acids is 1. The molecule has 0 atom stereocenters. The number of nitrogens with one attached hydrogen (secondary N) is 2. The molecular formula is C20H19ClN4O2. The monoisotopic (exact) mass is 382 g/mol. The molecule has 7 heteroatoms. The normalized spacial score (nSPS) is 10.3. The summed E-state index contributed by atoms with van der Waals surface area (Å²) in [6, 6.07) is 14.8. The van der Waals surface area contributed by atoms with Gasteiger partial charge in [-0.2, -0.15) is 0 Å². The number of para-hydroxylation sites is 2. The standard InChI is InChI=1S/C20H19ClN4O2/c1-2-27-18-10-6-5-9-16(18)25-20(26)17-12-24-19(13-22-17)23-11-14-7-3-4-8-15(14)21/h3-10,12-13H,2,11H2,1H3,(H,23,24)(H,25,26). The maximum atomic E-state index is 12.4. The van der Waals surface area contributed by atoms with E-state index < -0.39 is 0 Å². The fourth-order valence-electron chi connectivity index (χ4n) is 2.40. The highest BCUT2D eigenvalue weighted by Crippen LogP contribution is 2.24. The highest BCUT2D eigenvalue weighted by molar-refractivity contribution is 6.31. The molecular weight excluding hydrogens is 364 g/mol. The number of nitrogens with zero attached hydrogens (tertiary/aromatic N) is 2. The first-order valence-corrected chi connectivity index (χ1v) is 8.87. The zero-order valence-corrected chi connectivity index (χ0v) is 15.5. The van der Waals surface area contributed by atoms with Crippen LogP contribution in [0.4, 0.5) is 11.5 Å². The van der Waals surface area contributed by atoms with Crippen molar-refractivity contribution >= 4 is 29.0 Å². The van der Waals surface area contributed by atoms with E-state index in [-0.39, 0.29) is 11.6 Å². The van der Waals surface area contributed by atoms with Crippen LogP contribution in [-0.2, 0) is 6.54 Å². The van der Waals surface area contributed by atoms with Crippen molar-refractivity contribution in [3.63, 3.8) is 0 Å². The van der Waals surface area contributed by atoms with Crippen molar-refractivity contribution < 1.29 is 9.53 Å². The Morgan fingerprint density at radius 3 is 2.59 bits per heavy atom. The lowest BCUT2D eigenvalue weighted by Gasteiger charge is -2.11. The first-order chi connectivity index (χ1) is 13.2. The molecule has 0 radical (unpaired) electrons. The molecule has 0 aliphatic heterocycles. The van der Waals surface area contributed by atoms with Crippen molar-refractivity contribution in [2.75, 3.05) is 17.2 Å². The Morgan fingerprint density at radius 1 is 1.07 bits per heavy atom. The van der Waals surface area contributed by atoms with Gasteiger partial charge in [-0.1, -0.05) is 41.9 Å². The molecule has 0 aliphatic carbocycles. The van der Waals surface area contributed by atoms with Gasteiger partial charge in [-0.25, -0.2) is 9.97 Å². The van der Waals surface area contributed by atoms with Gasteiger partial charge in [0.1, 0.15) is 17.3 Å². The van der Waals surface area contributed by atoms with Crippen LogP contribution >= 0.6 is 11.6 Å². The molecule has 2 aromatic carbocycles. The Morgan fingerprint density at radius 2 is 1.85 bits per heavy atom. The second-order valence-electron chi connectivity index (χ2n) is 5.62. The number of anilines is 2. The Kier molecular flexibility index (Phi) is 6.22. The summed E-state index contributed by atoms with van der Waals surface area (Å²) in [5, 5.41) is 6.61. The van der Waals surface area contributed by atoms with E-state index in [1.165, 1.54) is 12.4 Å². The van der Waals surface area contributed by atoms with Gasteiger partial charge in [0.15, 0.2) is 0 Å². The summed E-state index contributed by atoms with van der Waals surface area (Å²) in [6.45, 7) is 2.92. The van der Waals surface area contributed by atoms with Crippen LogP contribution < -0.4 is 15.4 Å². The first-order valence-electron chi connectivity index (χ1n) is 8.50. The SMILES string of the molecule is CCOc1ccccc1NC(=O)c1cnc(NCc2ccccc2Cl)cn1. The zero-order chi connectivity index (χ0) is 19.1. The predicted molar refractivity (Wildman–Crippen MR) is 106 cm³/mol. The van der Waals surface area contributed by atoms with E-state index in [2.05, 4.69) is 20.6 Å². The summed E-state index contributed by atoms with van der Waals surface area (Å²) in [5.74, 6) is 0.813. The van der Waals surface area contributed by atoms with E-state index in [0.29, 0.717) is 35.4 Å². The molecule has 0 fully saturated rings. The van der Waals surface area contributed by atoms with E-state index in [9.17, 15) is 4.79 Å². The van der Waals surface area contributed by atoms with Crippen molar-refractivity contribution in [2.45, 2.75) is 13.5 Å². The van der Waals surface area contributed by atoms with Gasteiger partial charge in [0.25, 0.3) is 5.91 Å². The molecule has 1 heterocycles. The molecule has 0 spiro atoms. The number of hydrogen-bond donors (Lipinski definition) is 2. The van der Waals surface area contributed by atoms with Gasteiger partial charge < -0.3 is 15.4 Å². The Balaban J connectivity index is 1.63. The minimum atomic E-state index is -0.354. The third kappa shape index (κ3) is 4.95. The number of ether oxygens (including phenoxy) is 1. The zero-order valence-electron chi connectivity index (χ0n) is 14.8. The summed E-state index contributed by atoms with van der Waals surface area (Å²) >= 11 is 6.13. The molecule has 138 valence electrons. The van der Waals surface area contributed by atoms with Crippen LogP contribution in [0.25, 0.3) is 0 Å². The minimum Gasteiger partial charge on any atom is -0.492 e. The number of aromatic nitrogens is 2. The van der Waals surface area contributed by atoms with E-state index in [1.807, 2.05) is 43.3 Å². The third-order valence-corrected chi connectivity index (χ3v) is 4.11. The number of amides is 1. The fourth-order valence-corrected chi connectivity index (χ4v) is 2.60. The molecule has 2 N–H and O–H groups in total. The molecule has 0 saturated heterocycles. The van der Waals surface area contributed by atoms with Crippen LogP contribution in [0.1, 0.15) is 23.0 Å². The van der Waals surface area contributed by atoms with Crippen molar-refractivity contribution in [3.8, 4) is 5.75 Å². The van der Waals surface area contributed by atoms with Crippen LogP contribution in [-0.4, -0.2) is 22.5 Å². The lowest BCUT2D eigenvalue weighted by atomic mass is 10.2. The molecule has 27 heavy (non-hydrogen) atoms. The lowest BCUT2D eigenvalue weighted by molar-refractivity contribution is 0.102. The number of hydrogen-bond acceptors (Lipinski definition) is 5. The Bertz CT molecular complexity index is 916. The summed E-state index contributed by atoms with van der Waals surface area (Å²) in [4.78, 5) is 20.8. The number of halogens is 1. The summed E-state index contributed by atoms with van der Waals surface area (Å²) < 4.78 is 5.50. The average molecular weight is 383 g/mol. The van der Waals surface area contributed by atoms with Gasteiger partial charge in [0.2, 0.25) is 0 Å². The highest BCUT2D eigenvalue weighted by Gasteiger charge is 2.11. The van der Waals surface area contributed by atoms with Crippen LogP contribution in [0.15, 0.2) is 60.9 Å². The molecule has 1 amide bonds. The minimum absolute atomic E-state index is 0.213. The van der Waals surface area contributed by atoms with E-state index in [0.717, 1.165) is 5.56 Å². The van der Waals surface area contributed by atoms with Crippen LogP contribution in [0.5, 0.6) is 5.75 Å². The molecule has 3 rings (SSSR count). The molecule has 0 saturated carbocycles. The maximum absolute atomic E-state index is 12.4. The molecule has 0 unspecified atom stereocenters. The number of carbonyl (C=O) groups is 1. The van der Waals surface area contributed by atoms with Gasteiger partial charge in [-0.15, -0.1) is 0 Å². The molecule has 0 bridgehead atoms. The molecule has 0 aliphatic rings. The summed E-state index contributed by atoms with van der Waals surface area (Å²) in [5.41, 5.74) is 1.76. The lowest BCUT2D eigenvalue weighted by Crippen LogP contribution is -2.15. The second kappa shape index (κ2) is 9.00. The third-order valence-electron chi connectivity index (χ3n) is 3.74. The van der Waals surface area contributed by atoms with Gasteiger partial charge in [-0.3, -0.25) is 4.79 Å².